The van der Waals surface area contributed by atoms with Crippen LogP contribution in [0, 0.1) is 18.7 Å². The van der Waals surface area contributed by atoms with Gasteiger partial charge in [-0.1, -0.05) is 48.0 Å². The van der Waals surface area contributed by atoms with E-state index in [1.165, 1.54) is 30.0 Å². The van der Waals surface area contributed by atoms with E-state index >= 15 is 0 Å². The Balaban J connectivity index is 1.44. The van der Waals surface area contributed by atoms with Crippen molar-refractivity contribution in [3.8, 4) is 0 Å². The number of nitrogens with one attached hydrogen (secondary N) is 1. The number of aryl methyl sites for hydroxylation is 1. The van der Waals surface area contributed by atoms with Gasteiger partial charge in [0.1, 0.15) is 5.82 Å². The molecule has 2 saturated heterocycles. The zero-order valence-electron chi connectivity index (χ0n) is 18.5. The van der Waals surface area contributed by atoms with Crippen molar-refractivity contribution in [3.05, 3.63) is 71.0 Å². The zero-order chi connectivity index (χ0) is 21.6. The fourth-order valence-corrected chi connectivity index (χ4v) is 5.03. The molecule has 0 bridgehead atoms. The van der Waals surface area contributed by atoms with Gasteiger partial charge < -0.3 is 10.2 Å². The molecule has 2 aromatic rings. The van der Waals surface area contributed by atoms with E-state index in [1.54, 1.807) is 6.07 Å². The first-order valence-corrected chi connectivity index (χ1v) is 11.6. The van der Waals surface area contributed by atoms with Crippen molar-refractivity contribution in [3.63, 3.8) is 0 Å². The maximum atomic E-state index is 14.3. The molecule has 0 radical (unpaired) electrons. The van der Waals surface area contributed by atoms with E-state index in [2.05, 4.69) is 46.3 Å². The summed E-state index contributed by atoms with van der Waals surface area (Å²) in [6.07, 6.45) is 3.37. The number of amides is 1. The molecular weight excluding hydrogens is 389 g/mol. The number of piperidine rings is 1. The van der Waals surface area contributed by atoms with Crippen LogP contribution in [-0.2, 0) is 11.3 Å². The number of rotatable bonds is 7. The standard InChI is InChI=1S/C26H34FN3O/c1-20-7-6-9-21(15-20)23-16-24(26(31)28-11-14-29-12-4-5-13-29)19-30(18-23)17-22-8-2-3-10-25(22)27/h2-3,6-10,15,23-24H,4-5,11-14,16-19H2,1H3,(H,28,31)/t23-,24-/m1/s1. The second-order valence-corrected chi connectivity index (χ2v) is 9.17. The fourth-order valence-electron chi connectivity index (χ4n) is 5.03. The van der Waals surface area contributed by atoms with Crippen molar-refractivity contribution >= 4 is 5.91 Å². The van der Waals surface area contributed by atoms with Crippen LogP contribution in [0.1, 0.15) is 41.9 Å². The maximum absolute atomic E-state index is 14.3. The third kappa shape index (κ3) is 5.92. The van der Waals surface area contributed by atoms with Crippen LogP contribution in [0.25, 0.3) is 0 Å². The lowest BCUT2D eigenvalue weighted by atomic mass is 9.83. The van der Waals surface area contributed by atoms with Gasteiger partial charge in [-0.15, -0.1) is 0 Å². The summed E-state index contributed by atoms with van der Waals surface area (Å²) in [5.41, 5.74) is 3.20. The SMILES string of the molecule is Cc1cccc([C@@H]2C[C@@H](C(=O)NCCN3CCCC3)CN(Cc3ccccc3F)C2)c1. The average molecular weight is 424 g/mol. The molecule has 2 aromatic carbocycles. The van der Waals surface area contributed by atoms with Crippen LogP contribution in [0.15, 0.2) is 48.5 Å². The molecule has 4 rings (SSSR count). The molecule has 2 aliphatic rings. The number of nitrogens with zero attached hydrogens (tertiary/aromatic N) is 2. The molecule has 0 saturated carbocycles. The van der Waals surface area contributed by atoms with Gasteiger partial charge in [0.25, 0.3) is 0 Å². The van der Waals surface area contributed by atoms with Crippen molar-refractivity contribution in [2.45, 2.75) is 38.6 Å². The van der Waals surface area contributed by atoms with Gasteiger partial charge in [-0.05, 0) is 56.8 Å². The Morgan fingerprint density at radius 3 is 2.65 bits per heavy atom. The van der Waals surface area contributed by atoms with Gasteiger partial charge in [0.15, 0.2) is 0 Å². The molecule has 2 aliphatic heterocycles. The lowest BCUT2D eigenvalue weighted by molar-refractivity contribution is -0.127. The largest absolute Gasteiger partial charge is 0.355 e. The van der Waals surface area contributed by atoms with E-state index in [1.807, 2.05) is 12.1 Å². The first-order chi connectivity index (χ1) is 15.1. The summed E-state index contributed by atoms with van der Waals surface area (Å²) < 4.78 is 14.3. The molecule has 2 heterocycles. The summed E-state index contributed by atoms with van der Waals surface area (Å²) in [5, 5.41) is 3.18. The van der Waals surface area contributed by atoms with E-state index < -0.39 is 0 Å². The third-order valence-electron chi connectivity index (χ3n) is 6.69. The Bertz CT molecular complexity index is 880. The van der Waals surface area contributed by atoms with Crippen LogP contribution in [0.5, 0.6) is 0 Å². The molecule has 0 unspecified atom stereocenters. The second-order valence-electron chi connectivity index (χ2n) is 9.17. The van der Waals surface area contributed by atoms with Gasteiger partial charge in [-0.2, -0.15) is 0 Å². The quantitative estimate of drug-likeness (QED) is 0.732. The molecule has 0 aromatic heterocycles. The van der Waals surface area contributed by atoms with Crippen LogP contribution < -0.4 is 5.32 Å². The highest BCUT2D eigenvalue weighted by Crippen LogP contribution is 2.32. The number of hydrogen-bond acceptors (Lipinski definition) is 3. The van der Waals surface area contributed by atoms with Gasteiger partial charge in [0.05, 0.1) is 5.92 Å². The molecule has 0 spiro atoms. The third-order valence-corrected chi connectivity index (χ3v) is 6.69. The van der Waals surface area contributed by atoms with E-state index in [0.717, 1.165) is 32.6 Å². The van der Waals surface area contributed by atoms with E-state index in [-0.39, 0.29) is 23.6 Å². The van der Waals surface area contributed by atoms with Crippen molar-refractivity contribution in [1.29, 1.82) is 0 Å². The summed E-state index contributed by atoms with van der Waals surface area (Å²) in [5.74, 6) is 0.154. The van der Waals surface area contributed by atoms with E-state index in [9.17, 15) is 9.18 Å². The highest BCUT2D eigenvalue weighted by Gasteiger charge is 2.32. The van der Waals surface area contributed by atoms with Gasteiger partial charge in [-0.3, -0.25) is 9.69 Å². The number of benzene rings is 2. The van der Waals surface area contributed by atoms with Gasteiger partial charge >= 0.3 is 0 Å². The molecular formula is C26H34FN3O. The van der Waals surface area contributed by atoms with Crippen LogP contribution in [0.4, 0.5) is 4.39 Å². The minimum atomic E-state index is -0.174. The molecule has 166 valence electrons. The Hall–Kier alpha value is -2.24. The molecule has 2 atom stereocenters. The Morgan fingerprint density at radius 2 is 1.87 bits per heavy atom. The smallest absolute Gasteiger partial charge is 0.224 e. The van der Waals surface area contributed by atoms with Crippen LogP contribution in [-0.4, -0.2) is 55.0 Å². The second kappa shape index (κ2) is 10.4. The molecule has 2 fully saturated rings. The summed E-state index contributed by atoms with van der Waals surface area (Å²) in [6.45, 7) is 8.08. The first-order valence-electron chi connectivity index (χ1n) is 11.6. The minimum absolute atomic E-state index is 0.0791. The Labute approximate surface area is 185 Å². The molecule has 5 heteroatoms. The van der Waals surface area contributed by atoms with Gasteiger partial charge in [0.2, 0.25) is 5.91 Å². The van der Waals surface area contributed by atoms with Gasteiger partial charge in [-0.25, -0.2) is 4.39 Å². The molecule has 1 N–H and O–H groups in total. The normalized spacial score (nSPS) is 22.5. The Morgan fingerprint density at radius 1 is 1.06 bits per heavy atom. The zero-order valence-corrected chi connectivity index (χ0v) is 18.5. The van der Waals surface area contributed by atoms with E-state index in [0.29, 0.717) is 25.2 Å². The van der Waals surface area contributed by atoms with Crippen molar-refractivity contribution in [2.75, 3.05) is 39.3 Å². The summed E-state index contributed by atoms with van der Waals surface area (Å²) in [7, 11) is 0. The van der Waals surface area contributed by atoms with Crippen LogP contribution in [0.2, 0.25) is 0 Å². The van der Waals surface area contributed by atoms with E-state index in [4.69, 9.17) is 0 Å². The van der Waals surface area contributed by atoms with Crippen LogP contribution >= 0.6 is 0 Å². The van der Waals surface area contributed by atoms with Crippen LogP contribution in [0.3, 0.4) is 0 Å². The van der Waals surface area contributed by atoms with Crippen molar-refractivity contribution < 1.29 is 9.18 Å². The first kappa shape index (κ1) is 22.0. The minimum Gasteiger partial charge on any atom is -0.355 e. The molecule has 1 amide bonds. The average Bonchev–Trinajstić information content (AvgIpc) is 3.29. The monoisotopic (exact) mass is 423 g/mol. The van der Waals surface area contributed by atoms with Gasteiger partial charge in [0, 0.05) is 38.3 Å². The number of carbonyl (C=O) groups excluding carboxylic acids is 1. The molecule has 31 heavy (non-hydrogen) atoms. The number of likely N-dealkylation sites (tertiary alicyclic amines) is 2. The maximum Gasteiger partial charge on any atom is 0.224 e. The summed E-state index contributed by atoms with van der Waals surface area (Å²) in [6, 6.07) is 15.5. The summed E-state index contributed by atoms with van der Waals surface area (Å²) in [4.78, 5) is 17.7. The molecule has 4 nitrogen and oxygen atoms in total. The number of halogens is 1. The highest BCUT2D eigenvalue weighted by atomic mass is 19.1. The number of hydrogen-bond donors (Lipinski definition) is 1. The fraction of sp³-hybridized carbons (Fsp3) is 0.500. The Kier molecular flexibility index (Phi) is 7.36. The predicted molar refractivity (Wildman–Crippen MR) is 122 cm³/mol. The van der Waals surface area contributed by atoms with Crippen molar-refractivity contribution in [2.24, 2.45) is 5.92 Å². The summed E-state index contributed by atoms with van der Waals surface area (Å²) >= 11 is 0. The predicted octanol–water partition coefficient (Wildman–Crippen LogP) is 3.95. The van der Waals surface area contributed by atoms with Crippen molar-refractivity contribution in [1.82, 2.24) is 15.1 Å². The number of carbonyl (C=O) groups is 1. The lowest BCUT2D eigenvalue weighted by Crippen LogP contribution is -2.46. The highest BCUT2D eigenvalue weighted by molar-refractivity contribution is 5.79. The topological polar surface area (TPSA) is 35.6 Å². The lowest BCUT2D eigenvalue weighted by Gasteiger charge is -2.37. The molecule has 0 aliphatic carbocycles.